The van der Waals surface area contributed by atoms with Crippen LogP contribution in [0.1, 0.15) is 12.0 Å². The Morgan fingerprint density at radius 2 is 1.83 bits per heavy atom. The molecule has 0 aliphatic heterocycles. The Morgan fingerprint density at radius 3 is 2.72 bits per heavy atom. The lowest BCUT2D eigenvalue weighted by molar-refractivity contribution is 0.684. The molecule has 0 heteroatoms. The van der Waals surface area contributed by atoms with Crippen LogP contribution in [0.25, 0.3) is 22.4 Å². The van der Waals surface area contributed by atoms with E-state index < -0.39 is 0 Å². The van der Waals surface area contributed by atoms with Crippen LogP contribution in [0.5, 0.6) is 0 Å². The average molecular weight is 228 g/mol. The van der Waals surface area contributed by atoms with Gasteiger partial charge in [0.1, 0.15) is 0 Å². The Kier molecular flexibility index (Phi) is 1.32. The number of hydrogen-bond acceptors (Lipinski definition) is 0. The number of allylic oxidation sites excluding steroid dienone is 4. The molecule has 2 aromatic rings. The second-order valence-electron chi connectivity index (χ2n) is 5.50. The number of rotatable bonds is 0. The van der Waals surface area contributed by atoms with Crippen molar-refractivity contribution in [3.8, 4) is 0 Å². The van der Waals surface area contributed by atoms with Crippen LogP contribution in [0, 0.1) is 0 Å². The summed E-state index contributed by atoms with van der Waals surface area (Å²) in [6.07, 6.45) is 12.8. The summed E-state index contributed by atoms with van der Waals surface area (Å²) in [5, 5.41) is 5.68. The molecule has 18 heavy (non-hydrogen) atoms. The van der Waals surface area contributed by atoms with Crippen molar-refractivity contribution in [3.05, 3.63) is 70.6 Å². The van der Waals surface area contributed by atoms with Gasteiger partial charge in [-0.15, -0.1) is 0 Å². The highest BCUT2D eigenvalue weighted by atomic mass is 14.4. The fraction of sp³-hybridized carbons (Fsp3) is 0.111. The molecule has 84 valence electrons. The first-order valence-electron chi connectivity index (χ1n) is 6.53. The van der Waals surface area contributed by atoms with Gasteiger partial charge in [-0.3, -0.25) is 0 Å². The van der Waals surface area contributed by atoms with E-state index in [1.54, 1.807) is 0 Å². The van der Waals surface area contributed by atoms with E-state index in [1.165, 1.54) is 32.3 Å². The van der Waals surface area contributed by atoms with Crippen molar-refractivity contribution in [2.24, 2.45) is 0 Å². The van der Waals surface area contributed by atoms with Crippen molar-refractivity contribution in [1.82, 2.24) is 0 Å². The lowest BCUT2D eigenvalue weighted by Crippen LogP contribution is -2.38. The zero-order valence-electron chi connectivity index (χ0n) is 9.98. The topological polar surface area (TPSA) is 0 Å². The Labute approximate surface area is 105 Å². The Morgan fingerprint density at radius 1 is 0.944 bits per heavy atom. The Bertz CT molecular complexity index is 876. The van der Waals surface area contributed by atoms with E-state index in [2.05, 4.69) is 60.7 Å². The summed E-state index contributed by atoms with van der Waals surface area (Å²) in [5.74, 6) is 0. The molecule has 0 nitrogen and oxygen atoms in total. The Hall–Kier alpha value is -2.08. The largest absolute Gasteiger partial charge is 0.0751 e. The smallest absolute Gasteiger partial charge is 0.0365 e. The van der Waals surface area contributed by atoms with Crippen molar-refractivity contribution in [3.63, 3.8) is 0 Å². The highest BCUT2D eigenvalue weighted by Crippen LogP contribution is 2.41. The van der Waals surface area contributed by atoms with Crippen LogP contribution in [0.3, 0.4) is 0 Å². The molecular weight excluding hydrogens is 216 g/mol. The van der Waals surface area contributed by atoms with Gasteiger partial charge < -0.3 is 0 Å². The molecule has 4 aliphatic carbocycles. The van der Waals surface area contributed by atoms with Gasteiger partial charge in [-0.2, -0.15) is 0 Å². The second kappa shape index (κ2) is 2.67. The molecule has 0 N–H and O–H groups in total. The molecule has 2 aromatic carbocycles. The van der Waals surface area contributed by atoms with E-state index in [1.807, 2.05) is 0 Å². The van der Waals surface area contributed by atoms with Crippen molar-refractivity contribution in [1.29, 1.82) is 0 Å². The molecule has 0 unspecified atom stereocenters. The quantitative estimate of drug-likeness (QED) is 0.650. The van der Waals surface area contributed by atoms with E-state index in [0.29, 0.717) is 0 Å². The van der Waals surface area contributed by atoms with E-state index >= 15 is 0 Å². The number of hydrogen-bond donors (Lipinski definition) is 0. The predicted molar refractivity (Wildman–Crippen MR) is 75.6 cm³/mol. The van der Waals surface area contributed by atoms with Crippen LogP contribution < -0.4 is 10.4 Å². The molecule has 2 bridgehead atoms. The zero-order valence-corrected chi connectivity index (χ0v) is 9.98. The molecule has 0 saturated heterocycles. The summed E-state index contributed by atoms with van der Waals surface area (Å²) < 4.78 is 0. The predicted octanol–water partition coefficient (Wildman–Crippen LogP) is 2.55. The highest BCUT2D eigenvalue weighted by molar-refractivity contribution is 5.94. The normalized spacial score (nSPS) is 20.3. The molecule has 0 aromatic heterocycles. The van der Waals surface area contributed by atoms with Crippen LogP contribution >= 0.6 is 0 Å². The maximum absolute atomic E-state index is 2.39. The van der Waals surface area contributed by atoms with Gasteiger partial charge in [0.05, 0.1) is 0 Å². The van der Waals surface area contributed by atoms with Gasteiger partial charge in [0, 0.05) is 5.41 Å². The summed E-state index contributed by atoms with van der Waals surface area (Å²) in [7, 11) is 0. The molecule has 0 amide bonds. The lowest BCUT2D eigenvalue weighted by atomic mass is 9.66. The van der Waals surface area contributed by atoms with Crippen LogP contribution in [0.15, 0.2) is 54.6 Å². The first-order valence-corrected chi connectivity index (χ1v) is 6.53. The second-order valence-corrected chi connectivity index (χ2v) is 5.50. The molecule has 0 heterocycles. The lowest BCUT2D eigenvalue weighted by Gasteiger charge is -2.37. The van der Waals surface area contributed by atoms with Crippen molar-refractivity contribution < 1.29 is 0 Å². The molecule has 0 radical (unpaired) electrons. The van der Waals surface area contributed by atoms with E-state index in [4.69, 9.17) is 0 Å². The van der Waals surface area contributed by atoms with Gasteiger partial charge in [0.15, 0.2) is 0 Å². The Balaban J connectivity index is 2.21. The standard InChI is InChI=1S/C18H12/c1-2-13-4-5-15-12-6-9-18(10-7-12)11-8-14(3-1)16(13)17(15)18/h1-10H,11H2. The van der Waals surface area contributed by atoms with Gasteiger partial charge in [-0.05, 0) is 38.8 Å². The van der Waals surface area contributed by atoms with Crippen molar-refractivity contribution in [2.75, 3.05) is 0 Å². The van der Waals surface area contributed by atoms with Crippen LogP contribution in [0.2, 0.25) is 0 Å². The SMILES string of the molecule is C1=CC23C=CC1=c1ccc4cccc(c4c12)=CC3. The third kappa shape index (κ3) is 0.830. The summed E-state index contributed by atoms with van der Waals surface area (Å²) in [6.45, 7) is 0. The average Bonchev–Trinajstić information content (AvgIpc) is 2.46. The van der Waals surface area contributed by atoms with Gasteiger partial charge >= 0.3 is 0 Å². The van der Waals surface area contributed by atoms with Gasteiger partial charge in [-0.25, -0.2) is 0 Å². The van der Waals surface area contributed by atoms with Gasteiger partial charge in [0.2, 0.25) is 0 Å². The molecule has 4 aliphatic rings. The minimum Gasteiger partial charge on any atom is -0.0751 e. The van der Waals surface area contributed by atoms with E-state index in [9.17, 15) is 0 Å². The molecular formula is C18H12. The fourth-order valence-electron chi connectivity index (χ4n) is 3.75. The monoisotopic (exact) mass is 228 g/mol. The minimum atomic E-state index is 0.130. The molecule has 6 rings (SSSR count). The summed E-state index contributed by atoms with van der Waals surface area (Å²) in [5.41, 5.74) is 3.04. The summed E-state index contributed by atoms with van der Waals surface area (Å²) >= 11 is 0. The van der Waals surface area contributed by atoms with E-state index in [-0.39, 0.29) is 5.41 Å². The van der Waals surface area contributed by atoms with Gasteiger partial charge in [-0.1, -0.05) is 60.7 Å². The highest BCUT2D eigenvalue weighted by Gasteiger charge is 2.35. The van der Waals surface area contributed by atoms with Crippen LogP contribution in [-0.4, -0.2) is 0 Å². The third-order valence-corrected chi connectivity index (χ3v) is 4.63. The van der Waals surface area contributed by atoms with Crippen LogP contribution in [-0.2, 0) is 5.41 Å². The molecule has 1 spiro atoms. The number of benzene rings is 2. The maximum atomic E-state index is 2.39. The fourth-order valence-corrected chi connectivity index (χ4v) is 3.75. The van der Waals surface area contributed by atoms with E-state index in [0.717, 1.165) is 6.42 Å². The molecule has 0 atom stereocenters. The summed E-state index contributed by atoms with van der Waals surface area (Å²) in [6, 6.07) is 11.2. The third-order valence-electron chi connectivity index (χ3n) is 4.63. The van der Waals surface area contributed by atoms with Crippen LogP contribution in [0.4, 0.5) is 0 Å². The van der Waals surface area contributed by atoms with Crippen molar-refractivity contribution in [2.45, 2.75) is 11.8 Å². The van der Waals surface area contributed by atoms with Crippen molar-refractivity contribution >= 4 is 22.4 Å². The first kappa shape index (κ1) is 8.93. The minimum absolute atomic E-state index is 0.130. The first-order chi connectivity index (χ1) is 8.87. The molecule has 0 saturated carbocycles. The maximum Gasteiger partial charge on any atom is 0.0365 e. The van der Waals surface area contributed by atoms with Gasteiger partial charge in [0.25, 0.3) is 0 Å². The summed E-state index contributed by atoms with van der Waals surface area (Å²) in [4.78, 5) is 0. The molecule has 0 fully saturated rings. The zero-order chi connectivity index (χ0) is 11.7.